The number of carbonyl (C=O) groups is 1. The van der Waals surface area contributed by atoms with Crippen molar-refractivity contribution >= 4 is 5.97 Å². The van der Waals surface area contributed by atoms with Gasteiger partial charge < -0.3 is 9.84 Å². The molecule has 3 heteroatoms. The maximum Gasteiger partial charge on any atom is 0.335 e. The molecule has 88 valence electrons. The molecule has 1 rings (SSSR count). The van der Waals surface area contributed by atoms with Crippen LogP contribution >= 0.6 is 0 Å². The average molecular weight is 222 g/mol. The lowest BCUT2D eigenvalue weighted by atomic mass is 10.1. The van der Waals surface area contributed by atoms with Crippen LogP contribution in [0.15, 0.2) is 18.2 Å². The number of benzene rings is 1. The van der Waals surface area contributed by atoms with E-state index in [1.54, 1.807) is 18.2 Å². The predicted molar refractivity (Wildman–Crippen MR) is 63.1 cm³/mol. The number of aromatic carboxylic acids is 1. The first kappa shape index (κ1) is 12.6. The van der Waals surface area contributed by atoms with E-state index in [9.17, 15) is 4.79 Å². The van der Waals surface area contributed by atoms with Crippen molar-refractivity contribution in [2.45, 2.75) is 33.8 Å². The van der Waals surface area contributed by atoms with Gasteiger partial charge in [-0.25, -0.2) is 4.79 Å². The van der Waals surface area contributed by atoms with Crippen LogP contribution in [0.1, 0.15) is 36.7 Å². The quantitative estimate of drug-likeness (QED) is 0.851. The van der Waals surface area contributed by atoms with Gasteiger partial charge in [-0.3, -0.25) is 0 Å². The smallest absolute Gasteiger partial charge is 0.335 e. The van der Waals surface area contributed by atoms with E-state index < -0.39 is 5.97 Å². The average Bonchev–Trinajstić information content (AvgIpc) is 2.20. The summed E-state index contributed by atoms with van der Waals surface area (Å²) in [7, 11) is 0. The summed E-state index contributed by atoms with van der Waals surface area (Å²) in [6, 6.07) is 4.92. The molecule has 3 nitrogen and oxygen atoms in total. The van der Waals surface area contributed by atoms with Gasteiger partial charge in [0.05, 0.1) is 11.7 Å². The zero-order chi connectivity index (χ0) is 12.3. The van der Waals surface area contributed by atoms with Crippen molar-refractivity contribution in [1.82, 2.24) is 0 Å². The first-order valence-electron chi connectivity index (χ1n) is 5.42. The fourth-order valence-corrected chi connectivity index (χ4v) is 1.25. The second-order valence-electron chi connectivity index (χ2n) is 4.35. The molecule has 1 aromatic carbocycles. The third kappa shape index (κ3) is 2.99. The number of carboxylic acids is 1. The third-order valence-electron chi connectivity index (χ3n) is 2.67. The van der Waals surface area contributed by atoms with E-state index in [4.69, 9.17) is 9.84 Å². The van der Waals surface area contributed by atoms with Crippen LogP contribution in [0.3, 0.4) is 0 Å². The van der Waals surface area contributed by atoms with Gasteiger partial charge in [0.25, 0.3) is 0 Å². The van der Waals surface area contributed by atoms with Crippen molar-refractivity contribution < 1.29 is 14.6 Å². The van der Waals surface area contributed by atoms with E-state index in [1.165, 1.54) is 0 Å². The fourth-order valence-electron chi connectivity index (χ4n) is 1.25. The second kappa shape index (κ2) is 5.01. The Hall–Kier alpha value is -1.51. The van der Waals surface area contributed by atoms with Crippen LogP contribution in [0, 0.1) is 12.8 Å². The molecular weight excluding hydrogens is 204 g/mol. The molecule has 0 aliphatic rings. The standard InChI is InChI=1S/C13H18O3/c1-8(2)10(4)16-12-6-5-11(13(14)15)7-9(12)3/h5-8,10H,1-4H3,(H,14,15). The first-order valence-corrected chi connectivity index (χ1v) is 5.42. The second-order valence-corrected chi connectivity index (χ2v) is 4.35. The minimum Gasteiger partial charge on any atom is -0.490 e. The summed E-state index contributed by atoms with van der Waals surface area (Å²) in [4.78, 5) is 10.8. The summed E-state index contributed by atoms with van der Waals surface area (Å²) in [6.07, 6.45) is 0.120. The van der Waals surface area contributed by atoms with Crippen LogP contribution in [0.2, 0.25) is 0 Å². The summed E-state index contributed by atoms with van der Waals surface area (Å²) in [5, 5.41) is 8.83. The summed E-state index contributed by atoms with van der Waals surface area (Å²) in [5.74, 6) is 0.274. The molecule has 1 aromatic rings. The van der Waals surface area contributed by atoms with E-state index in [1.807, 2.05) is 13.8 Å². The zero-order valence-electron chi connectivity index (χ0n) is 10.2. The van der Waals surface area contributed by atoms with Gasteiger partial charge in [-0.2, -0.15) is 0 Å². The normalized spacial score (nSPS) is 12.6. The van der Waals surface area contributed by atoms with Gasteiger partial charge in [0, 0.05) is 0 Å². The molecule has 0 bridgehead atoms. The largest absolute Gasteiger partial charge is 0.490 e. The lowest BCUT2D eigenvalue weighted by Crippen LogP contribution is -2.19. The number of carboxylic acid groups (broad SMARTS) is 1. The zero-order valence-corrected chi connectivity index (χ0v) is 10.2. The molecule has 0 heterocycles. The minimum absolute atomic E-state index is 0.120. The number of aryl methyl sites for hydroxylation is 1. The molecule has 0 aromatic heterocycles. The first-order chi connectivity index (χ1) is 7.41. The fraction of sp³-hybridized carbons (Fsp3) is 0.462. The van der Waals surface area contributed by atoms with Crippen LogP contribution < -0.4 is 4.74 Å². The van der Waals surface area contributed by atoms with Crippen LogP contribution in [0.4, 0.5) is 0 Å². The van der Waals surface area contributed by atoms with Crippen molar-refractivity contribution in [2.75, 3.05) is 0 Å². The van der Waals surface area contributed by atoms with Crippen LogP contribution in [0.5, 0.6) is 5.75 Å². The highest BCUT2D eigenvalue weighted by atomic mass is 16.5. The summed E-state index contributed by atoms with van der Waals surface area (Å²) >= 11 is 0. The van der Waals surface area contributed by atoms with Crippen molar-refractivity contribution in [1.29, 1.82) is 0 Å². The van der Waals surface area contributed by atoms with E-state index in [-0.39, 0.29) is 6.10 Å². The Bertz CT molecular complexity index is 383. The van der Waals surface area contributed by atoms with E-state index in [0.717, 1.165) is 11.3 Å². The van der Waals surface area contributed by atoms with Gasteiger partial charge in [-0.05, 0) is 43.5 Å². The molecule has 0 aliphatic heterocycles. The van der Waals surface area contributed by atoms with Gasteiger partial charge in [0.2, 0.25) is 0 Å². The molecule has 0 aliphatic carbocycles. The Morgan fingerprint density at radius 1 is 1.31 bits per heavy atom. The topological polar surface area (TPSA) is 46.5 Å². The minimum atomic E-state index is -0.911. The van der Waals surface area contributed by atoms with Crippen molar-refractivity contribution in [2.24, 2.45) is 5.92 Å². The van der Waals surface area contributed by atoms with Crippen molar-refractivity contribution in [3.8, 4) is 5.75 Å². The summed E-state index contributed by atoms with van der Waals surface area (Å²) in [6.45, 7) is 8.04. The van der Waals surface area contributed by atoms with E-state index >= 15 is 0 Å². The Labute approximate surface area is 96.1 Å². The number of hydrogen-bond donors (Lipinski definition) is 1. The van der Waals surface area contributed by atoms with Crippen molar-refractivity contribution in [3.05, 3.63) is 29.3 Å². The lowest BCUT2D eigenvalue weighted by Gasteiger charge is -2.19. The Kier molecular flexibility index (Phi) is 3.93. The Morgan fingerprint density at radius 2 is 1.94 bits per heavy atom. The van der Waals surface area contributed by atoms with Crippen LogP contribution in [0.25, 0.3) is 0 Å². The maximum atomic E-state index is 10.8. The molecule has 0 spiro atoms. The molecule has 0 radical (unpaired) electrons. The molecule has 16 heavy (non-hydrogen) atoms. The van der Waals surface area contributed by atoms with Crippen LogP contribution in [-0.2, 0) is 0 Å². The highest BCUT2D eigenvalue weighted by Crippen LogP contribution is 2.22. The molecule has 1 atom stereocenters. The Morgan fingerprint density at radius 3 is 2.38 bits per heavy atom. The van der Waals surface area contributed by atoms with Gasteiger partial charge in [0.1, 0.15) is 5.75 Å². The summed E-state index contributed by atoms with van der Waals surface area (Å²) in [5.41, 5.74) is 1.15. The molecule has 0 saturated heterocycles. The van der Waals surface area contributed by atoms with Crippen molar-refractivity contribution in [3.63, 3.8) is 0 Å². The van der Waals surface area contributed by atoms with Gasteiger partial charge in [-0.15, -0.1) is 0 Å². The SMILES string of the molecule is Cc1cc(C(=O)O)ccc1OC(C)C(C)C. The molecule has 0 amide bonds. The highest BCUT2D eigenvalue weighted by molar-refractivity contribution is 5.88. The molecular formula is C13H18O3. The molecule has 1 N–H and O–H groups in total. The highest BCUT2D eigenvalue weighted by Gasteiger charge is 2.11. The van der Waals surface area contributed by atoms with Gasteiger partial charge in [-0.1, -0.05) is 13.8 Å². The predicted octanol–water partition coefficient (Wildman–Crippen LogP) is 3.12. The molecule has 0 saturated carbocycles. The lowest BCUT2D eigenvalue weighted by molar-refractivity contribution is 0.0696. The maximum absolute atomic E-state index is 10.8. The van der Waals surface area contributed by atoms with E-state index in [2.05, 4.69) is 13.8 Å². The summed E-state index contributed by atoms with van der Waals surface area (Å²) < 4.78 is 5.75. The number of rotatable bonds is 4. The molecule has 1 unspecified atom stereocenters. The van der Waals surface area contributed by atoms with Gasteiger partial charge in [0.15, 0.2) is 0 Å². The van der Waals surface area contributed by atoms with Crippen LogP contribution in [-0.4, -0.2) is 17.2 Å². The monoisotopic (exact) mass is 222 g/mol. The number of ether oxygens (including phenoxy) is 1. The number of hydrogen-bond acceptors (Lipinski definition) is 2. The Balaban J connectivity index is 2.87. The molecule has 0 fully saturated rings. The van der Waals surface area contributed by atoms with Gasteiger partial charge >= 0.3 is 5.97 Å². The van der Waals surface area contributed by atoms with E-state index in [0.29, 0.717) is 11.5 Å². The third-order valence-corrected chi connectivity index (χ3v) is 2.67.